The Labute approximate surface area is 115 Å². The molecule has 1 rings (SSSR count). The Balaban J connectivity index is 2.79. The number of aromatic nitrogens is 1. The van der Waals surface area contributed by atoms with Crippen molar-refractivity contribution in [1.29, 1.82) is 0 Å². The predicted octanol–water partition coefficient (Wildman–Crippen LogP) is 2.20. The highest BCUT2D eigenvalue weighted by Crippen LogP contribution is 2.28. The van der Waals surface area contributed by atoms with E-state index in [1.165, 1.54) is 4.88 Å². The van der Waals surface area contributed by atoms with Crippen molar-refractivity contribution >= 4 is 16.5 Å². The van der Waals surface area contributed by atoms with Crippen LogP contribution in [0.2, 0.25) is 0 Å². The number of anilines is 1. The van der Waals surface area contributed by atoms with Crippen LogP contribution in [0.1, 0.15) is 31.7 Å². The maximum Gasteiger partial charge on any atom is 0.185 e. The van der Waals surface area contributed by atoms with E-state index in [-0.39, 0.29) is 0 Å². The Hall–Kier alpha value is -0.650. The van der Waals surface area contributed by atoms with E-state index in [4.69, 9.17) is 0 Å². The van der Waals surface area contributed by atoms with Crippen molar-refractivity contribution in [2.45, 2.75) is 32.9 Å². The van der Waals surface area contributed by atoms with E-state index < -0.39 is 0 Å². The third-order valence-electron chi connectivity index (χ3n) is 3.12. The Morgan fingerprint density at radius 3 is 2.56 bits per heavy atom. The van der Waals surface area contributed by atoms with E-state index in [1.807, 2.05) is 13.2 Å². The van der Waals surface area contributed by atoms with Gasteiger partial charge in [0.2, 0.25) is 0 Å². The minimum absolute atomic E-state index is 0.374. The molecule has 0 aliphatic rings. The van der Waals surface area contributed by atoms with Gasteiger partial charge in [0.1, 0.15) is 0 Å². The zero-order valence-corrected chi connectivity index (χ0v) is 13.2. The first-order valence-electron chi connectivity index (χ1n) is 6.53. The van der Waals surface area contributed by atoms with E-state index in [0.717, 1.165) is 18.2 Å². The lowest BCUT2D eigenvalue weighted by molar-refractivity contribution is 0.373. The van der Waals surface area contributed by atoms with E-state index in [1.54, 1.807) is 11.3 Å². The third kappa shape index (κ3) is 3.93. The monoisotopic (exact) mass is 270 g/mol. The molecule has 1 aromatic rings. The van der Waals surface area contributed by atoms with Crippen molar-refractivity contribution in [2.75, 3.05) is 39.1 Å². The molecule has 4 nitrogen and oxygen atoms in total. The van der Waals surface area contributed by atoms with Crippen LogP contribution in [-0.2, 0) is 0 Å². The van der Waals surface area contributed by atoms with Gasteiger partial charge in [-0.25, -0.2) is 4.98 Å². The second-order valence-electron chi connectivity index (χ2n) is 4.95. The molecule has 1 N–H and O–H groups in total. The SMILES string of the molecule is CCN(c1ncc(C(C)NC)s1)C(C)CN(C)C. The lowest BCUT2D eigenvalue weighted by Gasteiger charge is -2.29. The van der Waals surface area contributed by atoms with E-state index in [9.17, 15) is 0 Å². The van der Waals surface area contributed by atoms with Gasteiger partial charge in [-0.15, -0.1) is 11.3 Å². The van der Waals surface area contributed by atoms with Crippen molar-refractivity contribution in [3.05, 3.63) is 11.1 Å². The highest BCUT2D eigenvalue weighted by Gasteiger charge is 2.18. The maximum atomic E-state index is 4.57. The molecule has 0 fully saturated rings. The number of hydrogen-bond donors (Lipinski definition) is 1. The van der Waals surface area contributed by atoms with Crippen LogP contribution >= 0.6 is 11.3 Å². The first-order chi connectivity index (χ1) is 8.49. The zero-order valence-electron chi connectivity index (χ0n) is 12.4. The first-order valence-corrected chi connectivity index (χ1v) is 7.35. The molecular weight excluding hydrogens is 244 g/mol. The van der Waals surface area contributed by atoms with Crippen molar-refractivity contribution in [2.24, 2.45) is 0 Å². The van der Waals surface area contributed by atoms with Crippen LogP contribution in [0.4, 0.5) is 5.13 Å². The number of nitrogens with one attached hydrogen (secondary N) is 1. The molecule has 0 saturated carbocycles. The molecule has 0 saturated heterocycles. The van der Waals surface area contributed by atoms with Crippen LogP contribution in [0.5, 0.6) is 0 Å². The Kier molecular flexibility index (Phi) is 6.05. The van der Waals surface area contributed by atoms with Crippen molar-refractivity contribution in [3.63, 3.8) is 0 Å². The molecule has 0 radical (unpaired) electrons. The molecule has 2 unspecified atom stereocenters. The lowest BCUT2D eigenvalue weighted by atomic mass is 10.3. The van der Waals surface area contributed by atoms with Gasteiger partial charge in [-0.3, -0.25) is 0 Å². The topological polar surface area (TPSA) is 31.4 Å². The van der Waals surface area contributed by atoms with Crippen LogP contribution in [0.25, 0.3) is 0 Å². The molecule has 0 spiro atoms. The van der Waals surface area contributed by atoms with Gasteiger partial charge in [0.15, 0.2) is 5.13 Å². The maximum absolute atomic E-state index is 4.57. The fourth-order valence-electron chi connectivity index (χ4n) is 2.01. The van der Waals surface area contributed by atoms with Gasteiger partial charge in [0.05, 0.1) is 0 Å². The molecule has 0 aliphatic carbocycles. The van der Waals surface area contributed by atoms with Crippen LogP contribution in [0, 0.1) is 0 Å². The lowest BCUT2D eigenvalue weighted by Crippen LogP contribution is -2.40. The van der Waals surface area contributed by atoms with Gasteiger partial charge >= 0.3 is 0 Å². The first kappa shape index (κ1) is 15.4. The van der Waals surface area contributed by atoms with E-state index in [0.29, 0.717) is 12.1 Å². The zero-order chi connectivity index (χ0) is 13.7. The average Bonchev–Trinajstić information content (AvgIpc) is 2.77. The summed E-state index contributed by atoms with van der Waals surface area (Å²) in [5.74, 6) is 0. The minimum atomic E-state index is 0.374. The molecule has 2 atom stereocenters. The molecule has 5 heteroatoms. The van der Waals surface area contributed by atoms with Gasteiger partial charge in [-0.05, 0) is 41.9 Å². The summed E-state index contributed by atoms with van der Waals surface area (Å²) in [6.45, 7) is 8.65. The Morgan fingerprint density at radius 1 is 1.39 bits per heavy atom. The van der Waals surface area contributed by atoms with E-state index >= 15 is 0 Å². The molecule has 1 heterocycles. The van der Waals surface area contributed by atoms with Gasteiger partial charge in [-0.2, -0.15) is 0 Å². The normalized spacial score (nSPS) is 14.8. The molecule has 0 bridgehead atoms. The Bertz CT molecular complexity index is 351. The van der Waals surface area contributed by atoms with Gasteiger partial charge in [-0.1, -0.05) is 0 Å². The van der Waals surface area contributed by atoms with Gasteiger partial charge < -0.3 is 15.1 Å². The Morgan fingerprint density at radius 2 is 2.06 bits per heavy atom. The summed E-state index contributed by atoms with van der Waals surface area (Å²) in [4.78, 5) is 10.5. The fraction of sp³-hybridized carbons (Fsp3) is 0.769. The summed E-state index contributed by atoms with van der Waals surface area (Å²) >= 11 is 1.79. The highest BCUT2D eigenvalue weighted by atomic mass is 32.1. The van der Waals surface area contributed by atoms with Crippen LogP contribution < -0.4 is 10.2 Å². The van der Waals surface area contributed by atoms with Crippen molar-refractivity contribution in [3.8, 4) is 0 Å². The molecule has 0 aliphatic heterocycles. The number of thiazole rings is 1. The van der Waals surface area contributed by atoms with Crippen molar-refractivity contribution < 1.29 is 0 Å². The second kappa shape index (κ2) is 7.07. The smallest absolute Gasteiger partial charge is 0.185 e. The average molecular weight is 270 g/mol. The summed E-state index contributed by atoms with van der Waals surface area (Å²) in [5, 5.41) is 4.39. The summed E-state index contributed by atoms with van der Waals surface area (Å²) in [7, 11) is 6.21. The van der Waals surface area contributed by atoms with Crippen molar-refractivity contribution in [1.82, 2.24) is 15.2 Å². The molecule has 104 valence electrons. The highest BCUT2D eigenvalue weighted by molar-refractivity contribution is 7.15. The molecule has 18 heavy (non-hydrogen) atoms. The van der Waals surface area contributed by atoms with Gasteiger partial charge in [0.25, 0.3) is 0 Å². The molecule has 0 aromatic carbocycles. The van der Waals surface area contributed by atoms with Crippen LogP contribution in [0.15, 0.2) is 6.20 Å². The number of likely N-dealkylation sites (N-methyl/N-ethyl adjacent to an activating group) is 2. The molecule has 1 aromatic heterocycles. The summed E-state index contributed by atoms with van der Waals surface area (Å²) < 4.78 is 0. The number of nitrogens with zero attached hydrogens (tertiary/aromatic N) is 3. The molecular formula is C13H26N4S. The van der Waals surface area contributed by atoms with Crippen LogP contribution in [0.3, 0.4) is 0 Å². The summed E-state index contributed by atoms with van der Waals surface area (Å²) in [5.41, 5.74) is 0. The fourth-order valence-corrected chi connectivity index (χ4v) is 3.16. The predicted molar refractivity (Wildman–Crippen MR) is 80.6 cm³/mol. The summed E-state index contributed by atoms with van der Waals surface area (Å²) in [6.07, 6.45) is 1.99. The summed E-state index contributed by atoms with van der Waals surface area (Å²) in [6, 6.07) is 0.855. The quantitative estimate of drug-likeness (QED) is 0.823. The third-order valence-corrected chi connectivity index (χ3v) is 4.34. The molecule has 0 amide bonds. The van der Waals surface area contributed by atoms with Gasteiger partial charge in [0, 0.05) is 36.2 Å². The van der Waals surface area contributed by atoms with Crippen LogP contribution in [-0.4, -0.2) is 50.2 Å². The largest absolute Gasteiger partial charge is 0.344 e. The standard InChI is InChI=1S/C13H26N4S/c1-7-17(10(2)9-16(5)6)13-15-8-12(18-13)11(3)14-4/h8,10-11,14H,7,9H2,1-6H3. The number of hydrogen-bond acceptors (Lipinski definition) is 5. The second-order valence-corrected chi connectivity index (χ2v) is 5.99. The number of rotatable bonds is 7. The minimum Gasteiger partial charge on any atom is -0.344 e. The van der Waals surface area contributed by atoms with E-state index in [2.05, 4.69) is 55.0 Å².